The summed E-state index contributed by atoms with van der Waals surface area (Å²) in [6.07, 6.45) is 2.67. The van der Waals surface area contributed by atoms with Gasteiger partial charge in [-0.1, -0.05) is 0 Å². The van der Waals surface area contributed by atoms with Crippen LogP contribution >= 0.6 is 11.8 Å². The van der Waals surface area contributed by atoms with E-state index in [2.05, 4.69) is 5.32 Å². The molecule has 1 aliphatic rings. The van der Waals surface area contributed by atoms with Crippen LogP contribution in [-0.2, 0) is 0 Å². The van der Waals surface area contributed by atoms with Crippen LogP contribution in [0.5, 0.6) is 0 Å². The standard InChI is InChI=1S/C11H14FNS/c12-9-1-5-11(6-2-9)14-8-7-13-10-3-4-10/h1-2,5-6,10,13H,3-4,7-8H2. The fourth-order valence-electron chi connectivity index (χ4n) is 1.25. The third kappa shape index (κ3) is 3.31. The molecule has 1 aromatic carbocycles. The number of hydrogen-bond donors (Lipinski definition) is 1. The number of halogens is 1. The fraction of sp³-hybridized carbons (Fsp3) is 0.455. The van der Waals surface area contributed by atoms with Gasteiger partial charge in [-0.05, 0) is 37.1 Å². The summed E-state index contributed by atoms with van der Waals surface area (Å²) in [4.78, 5) is 1.14. The minimum atomic E-state index is -0.162. The van der Waals surface area contributed by atoms with Crippen molar-refractivity contribution in [3.63, 3.8) is 0 Å². The number of benzene rings is 1. The molecular formula is C11H14FNS. The Balaban J connectivity index is 1.66. The lowest BCUT2D eigenvalue weighted by Gasteiger charge is -2.02. The lowest BCUT2D eigenvalue weighted by Crippen LogP contribution is -2.18. The van der Waals surface area contributed by atoms with E-state index < -0.39 is 0 Å². The van der Waals surface area contributed by atoms with E-state index in [0.717, 1.165) is 23.2 Å². The molecule has 1 nitrogen and oxygen atoms in total. The highest BCUT2D eigenvalue weighted by Gasteiger charge is 2.19. The molecule has 0 saturated heterocycles. The van der Waals surface area contributed by atoms with Gasteiger partial charge >= 0.3 is 0 Å². The number of hydrogen-bond acceptors (Lipinski definition) is 2. The second-order valence-corrected chi connectivity index (χ2v) is 4.70. The van der Waals surface area contributed by atoms with Crippen molar-refractivity contribution in [2.45, 2.75) is 23.8 Å². The van der Waals surface area contributed by atoms with Gasteiger partial charge in [0.1, 0.15) is 5.82 Å². The van der Waals surface area contributed by atoms with Gasteiger partial charge in [-0.3, -0.25) is 0 Å². The molecule has 3 heteroatoms. The second kappa shape index (κ2) is 4.80. The number of thioether (sulfide) groups is 1. The van der Waals surface area contributed by atoms with Gasteiger partial charge in [0.15, 0.2) is 0 Å². The summed E-state index contributed by atoms with van der Waals surface area (Å²) in [6, 6.07) is 7.46. The highest BCUT2D eigenvalue weighted by Crippen LogP contribution is 2.20. The van der Waals surface area contributed by atoms with Crippen LogP contribution in [0.1, 0.15) is 12.8 Å². The van der Waals surface area contributed by atoms with Gasteiger partial charge in [0.05, 0.1) is 0 Å². The van der Waals surface area contributed by atoms with Crippen LogP contribution in [0.15, 0.2) is 29.2 Å². The van der Waals surface area contributed by atoms with E-state index in [1.165, 1.54) is 25.0 Å². The molecule has 0 unspecified atom stereocenters. The fourth-order valence-corrected chi connectivity index (χ4v) is 2.03. The molecule has 0 heterocycles. The minimum Gasteiger partial charge on any atom is -0.313 e. The molecule has 14 heavy (non-hydrogen) atoms. The van der Waals surface area contributed by atoms with E-state index in [9.17, 15) is 4.39 Å². The predicted octanol–water partition coefficient (Wildman–Crippen LogP) is 2.67. The van der Waals surface area contributed by atoms with Crippen molar-refractivity contribution in [2.24, 2.45) is 0 Å². The van der Waals surface area contributed by atoms with Crippen molar-refractivity contribution in [3.05, 3.63) is 30.1 Å². The lowest BCUT2D eigenvalue weighted by molar-refractivity contribution is 0.626. The van der Waals surface area contributed by atoms with Crippen LogP contribution in [0, 0.1) is 5.82 Å². The Labute approximate surface area is 88.1 Å². The summed E-state index contributed by atoms with van der Waals surface area (Å²) < 4.78 is 12.6. The summed E-state index contributed by atoms with van der Waals surface area (Å²) in [7, 11) is 0. The topological polar surface area (TPSA) is 12.0 Å². The first-order chi connectivity index (χ1) is 6.84. The molecular weight excluding hydrogens is 197 g/mol. The maximum absolute atomic E-state index is 12.6. The first-order valence-electron chi connectivity index (χ1n) is 4.96. The smallest absolute Gasteiger partial charge is 0.123 e. The van der Waals surface area contributed by atoms with Crippen molar-refractivity contribution in [2.75, 3.05) is 12.3 Å². The van der Waals surface area contributed by atoms with E-state index in [1.807, 2.05) is 12.1 Å². The molecule has 1 aromatic rings. The van der Waals surface area contributed by atoms with Crippen LogP contribution in [0.25, 0.3) is 0 Å². The summed E-state index contributed by atoms with van der Waals surface area (Å²) in [5.74, 6) is 0.896. The van der Waals surface area contributed by atoms with Crippen LogP contribution in [0.4, 0.5) is 4.39 Å². The molecule has 76 valence electrons. The monoisotopic (exact) mass is 211 g/mol. The largest absolute Gasteiger partial charge is 0.313 e. The number of rotatable bonds is 5. The molecule has 1 aliphatic carbocycles. The zero-order valence-electron chi connectivity index (χ0n) is 8.00. The predicted molar refractivity (Wildman–Crippen MR) is 58.1 cm³/mol. The van der Waals surface area contributed by atoms with Gasteiger partial charge in [0.2, 0.25) is 0 Å². The van der Waals surface area contributed by atoms with Crippen molar-refractivity contribution in [1.29, 1.82) is 0 Å². The first kappa shape index (κ1) is 9.99. The summed E-state index contributed by atoms with van der Waals surface area (Å²) in [5.41, 5.74) is 0. The van der Waals surface area contributed by atoms with E-state index in [1.54, 1.807) is 11.8 Å². The molecule has 0 atom stereocenters. The average Bonchev–Trinajstić information content (AvgIpc) is 2.99. The van der Waals surface area contributed by atoms with Crippen LogP contribution in [-0.4, -0.2) is 18.3 Å². The van der Waals surface area contributed by atoms with Gasteiger partial charge in [-0.25, -0.2) is 4.39 Å². The Morgan fingerprint density at radius 1 is 1.29 bits per heavy atom. The van der Waals surface area contributed by atoms with Crippen molar-refractivity contribution in [3.8, 4) is 0 Å². The summed E-state index contributed by atoms with van der Waals surface area (Å²) >= 11 is 1.77. The van der Waals surface area contributed by atoms with Crippen LogP contribution in [0.2, 0.25) is 0 Å². The molecule has 1 fully saturated rings. The molecule has 2 rings (SSSR count). The lowest BCUT2D eigenvalue weighted by atomic mass is 10.4. The third-order valence-electron chi connectivity index (χ3n) is 2.19. The van der Waals surface area contributed by atoms with Gasteiger partial charge in [0.25, 0.3) is 0 Å². The molecule has 0 bridgehead atoms. The summed E-state index contributed by atoms with van der Waals surface area (Å²) in [5, 5.41) is 3.44. The maximum atomic E-state index is 12.6. The molecule has 0 amide bonds. The Bertz CT molecular complexity index is 282. The van der Waals surface area contributed by atoms with Crippen molar-refractivity contribution in [1.82, 2.24) is 5.32 Å². The average molecular weight is 211 g/mol. The molecule has 0 aliphatic heterocycles. The van der Waals surface area contributed by atoms with E-state index >= 15 is 0 Å². The van der Waals surface area contributed by atoms with Gasteiger partial charge in [-0.15, -0.1) is 11.8 Å². The molecule has 0 aromatic heterocycles. The van der Waals surface area contributed by atoms with Gasteiger partial charge in [0, 0.05) is 23.2 Å². The molecule has 0 spiro atoms. The highest BCUT2D eigenvalue weighted by atomic mass is 32.2. The van der Waals surface area contributed by atoms with E-state index in [0.29, 0.717) is 0 Å². The van der Waals surface area contributed by atoms with Crippen molar-refractivity contribution >= 4 is 11.8 Å². The summed E-state index contributed by atoms with van der Waals surface area (Å²) in [6.45, 7) is 1.05. The SMILES string of the molecule is Fc1ccc(SCCNC2CC2)cc1. The quantitative estimate of drug-likeness (QED) is 0.593. The third-order valence-corrected chi connectivity index (χ3v) is 3.21. The maximum Gasteiger partial charge on any atom is 0.123 e. The highest BCUT2D eigenvalue weighted by molar-refractivity contribution is 7.99. The second-order valence-electron chi connectivity index (χ2n) is 3.53. The Morgan fingerprint density at radius 2 is 2.00 bits per heavy atom. The Kier molecular flexibility index (Phi) is 3.43. The number of nitrogens with one attached hydrogen (secondary N) is 1. The minimum absolute atomic E-state index is 0.162. The van der Waals surface area contributed by atoms with Crippen LogP contribution in [0.3, 0.4) is 0 Å². The molecule has 1 saturated carbocycles. The zero-order chi connectivity index (χ0) is 9.80. The van der Waals surface area contributed by atoms with E-state index in [4.69, 9.17) is 0 Å². The van der Waals surface area contributed by atoms with Crippen LogP contribution < -0.4 is 5.32 Å². The Hall–Kier alpha value is -0.540. The molecule has 0 radical (unpaired) electrons. The molecule has 1 N–H and O–H groups in total. The van der Waals surface area contributed by atoms with Gasteiger partial charge in [-0.2, -0.15) is 0 Å². The Morgan fingerprint density at radius 3 is 2.64 bits per heavy atom. The zero-order valence-corrected chi connectivity index (χ0v) is 8.82. The normalized spacial score (nSPS) is 15.8. The van der Waals surface area contributed by atoms with Gasteiger partial charge < -0.3 is 5.32 Å². The van der Waals surface area contributed by atoms with E-state index in [-0.39, 0.29) is 5.82 Å². The van der Waals surface area contributed by atoms with Crippen molar-refractivity contribution < 1.29 is 4.39 Å². The first-order valence-corrected chi connectivity index (χ1v) is 5.95.